The Balaban J connectivity index is 3.07. The van der Waals surface area contributed by atoms with Crippen molar-refractivity contribution in [1.82, 2.24) is 15.5 Å². The van der Waals surface area contributed by atoms with Gasteiger partial charge in [0.2, 0.25) is 0 Å². The zero-order chi connectivity index (χ0) is 15.3. The molecule has 1 aromatic heterocycles. The fraction of sp³-hybridized carbons (Fsp3) is 0.500. The lowest BCUT2D eigenvalue weighted by Gasteiger charge is -2.11. The van der Waals surface area contributed by atoms with E-state index < -0.39 is 0 Å². The average molecular weight is 299 g/mol. The SMILES string of the molecule is CNC(=O)c1sc(NCCN(C)C)c(C(=O)NC)c1N. The molecule has 0 fully saturated rings. The molecule has 0 aromatic carbocycles. The van der Waals surface area contributed by atoms with Gasteiger partial charge in [0, 0.05) is 27.2 Å². The van der Waals surface area contributed by atoms with Crippen LogP contribution in [0.1, 0.15) is 20.0 Å². The maximum absolute atomic E-state index is 11.9. The number of nitrogens with zero attached hydrogens (tertiary/aromatic N) is 1. The van der Waals surface area contributed by atoms with Gasteiger partial charge in [0.25, 0.3) is 11.8 Å². The van der Waals surface area contributed by atoms with E-state index in [1.54, 1.807) is 0 Å². The number of hydrogen-bond acceptors (Lipinski definition) is 6. The van der Waals surface area contributed by atoms with Crippen LogP contribution in [0.2, 0.25) is 0 Å². The summed E-state index contributed by atoms with van der Waals surface area (Å²) in [7, 11) is 6.98. The van der Waals surface area contributed by atoms with Gasteiger partial charge in [-0.15, -0.1) is 11.3 Å². The molecule has 20 heavy (non-hydrogen) atoms. The number of thiophene rings is 1. The lowest BCUT2D eigenvalue weighted by Crippen LogP contribution is -2.23. The molecule has 0 atom stereocenters. The van der Waals surface area contributed by atoms with Gasteiger partial charge in [0.1, 0.15) is 9.88 Å². The largest absolute Gasteiger partial charge is 0.397 e. The molecule has 0 saturated heterocycles. The number of nitrogens with two attached hydrogens (primary N) is 1. The summed E-state index contributed by atoms with van der Waals surface area (Å²) in [6.45, 7) is 1.46. The fourth-order valence-corrected chi connectivity index (χ4v) is 2.68. The molecule has 0 radical (unpaired) electrons. The van der Waals surface area contributed by atoms with Crippen LogP contribution in [0.5, 0.6) is 0 Å². The van der Waals surface area contributed by atoms with Gasteiger partial charge < -0.3 is 26.6 Å². The maximum Gasteiger partial charge on any atom is 0.263 e. The molecule has 0 aliphatic heterocycles. The van der Waals surface area contributed by atoms with Gasteiger partial charge in [-0.25, -0.2) is 0 Å². The van der Waals surface area contributed by atoms with E-state index in [2.05, 4.69) is 16.0 Å². The van der Waals surface area contributed by atoms with E-state index >= 15 is 0 Å². The number of amides is 2. The Bertz CT molecular complexity index is 498. The topological polar surface area (TPSA) is 99.5 Å². The molecule has 0 aliphatic rings. The fourth-order valence-electron chi connectivity index (χ4n) is 1.59. The molecule has 0 bridgehead atoms. The van der Waals surface area contributed by atoms with Crippen molar-refractivity contribution in [2.24, 2.45) is 0 Å². The Morgan fingerprint density at radius 2 is 1.80 bits per heavy atom. The first kappa shape index (κ1) is 16.3. The summed E-state index contributed by atoms with van der Waals surface area (Å²) in [5.41, 5.74) is 6.46. The second-order valence-electron chi connectivity index (χ2n) is 4.44. The van der Waals surface area contributed by atoms with Gasteiger partial charge in [-0.1, -0.05) is 0 Å². The summed E-state index contributed by atoms with van der Waals surface area (Å²) in [4.78, 5) is 26.0. The second kappa shape index (κ2) is 7.11. The van der Waals surface area contributed by atoms with Gasteiger partial charge in [0.05, 0.1) is 11.3 Å². The zero-order valence-electron chi connectivity index (χ0n) is 12.2. The van der Waals surface area contributed by atoms with E-state index in [1.807, 2.05) is 19.0 Å². The summed E-state index contributed by atoms with van der Waals surface area (Å²) in [5, 5.41) is 8.82. The minimum atomic E-state index is -0.304. The number of nitrogens with one attached hydrogen (secondary N) is 3. The van der Waals surface area contributed by atoms with Gasteiger partial charge >= 0.3 is 0 Å². The predicted octanol–water partition coefficient (Wildman–Crippen LogP) is 0.0230. The monoisotopic (exact) mass is 299 g/mol. The smallest absolute Gasteiger partial charge is 0.263 e. The van der Waals surface area contributed by atoms with E-state index in [1.165, 1.54) is 25.4 Å². The van der Waals surface area contributed by atoms with Crippen LogP contribution >= 0.6 is 11.3 Å². The lowest BCUT2D eigenvalue weighted by atomic mass is 10.2. The Morgan fingerprint density at radius 1 is 1.20 bits per heavy atom. The summed E-state index contributed by atoms with van der Waals surface area (Å²) in [6.07, 6.45) is 0. The van der Waals surface area contributed by atoms with E-state index in [0.29, 0.717) is 22.0 Å². The molecule has 0 saturated carbocycles. The zero-order valence-corrected chi connectivity index (χ0v) is 13.0. The molecule has 7 nitrogen and oxygen atoms in total. The summed E-state index contributed by atoms with van der Waals surface area (Å²) < 4.78 is 0. The quantitative estimate of drug-likeness (QED) is 0.593. The van der Waals surface area contributed by atoms with Crippen LogP contribution in [0.25, 0.3) is 0 Å². The van der Waals surface area contributed by atoms with Crippen LogP contribution in [0.3, 0.4) is 0 Å². The molecule has 2 amide bonds. The van der Waals surface area contributed by atoms with Gasteiger partial charge in [-0.05, 0) is 14.1 Å². The number of nitrogen functional groups attached to an aromatic ring is 1. The molecule has 1 aromatic rings. The highest BCUT2D eigenvalue weighted by molar-refractivity contribution is 7.19. The summed E-state index contributed by atoms with van der Waals surface area (Å²) >= 11 is 1.19. The van der Waals surface area contributed by atoms with E-state index in [-0.39, 0.29) is 17.5 Å². The number of likely N-dealkylation sites (N-methyl/N-ethyl adjacent to an activating group) is 1. The number of carbonyl (C=O) groups is 2. The molecule has 1 rings (SSSR count). The minimum absolute atomic E-state index is 0.209. The molecule has 0 spiro atoms. The van der Waals surface area contributed by atoms with Crippen LogP contribution < -0.4 is 21.7 Å². The highest BCUT2D eigenvalue weighted by atomic mass is 32.1. The minimum Gasteiger partial charge on any atom is -0.397 e. The Hall–Kier alpha value is -1.80. The first-order valence-electron chi connectivity index (χ1n) is 6.17. The second-order valence-corrected chi connectivity index (χ2v) is 5.46. The van der Waals surface area contributed by atoms with Crippen molar-refractivity contribution in [1.29, 1.82) is 0 Å². The molecule has 0 unspecified atom stereocenters. The molecule has 112 valence electrons. The molecular weight excluding hydrogens is 278 g/mol. The van der Waals surface area contributed by atoms with E-state index in [0.717, 1.165) is 6.54 Å². The van der Waals surface area contributed by atoms with Crippen LogP contribution in [-0.2, 0) is 0 Å². The van der Waals surface area contributed by atoms with Crippen molar-refractivity contribution >= 4 is 33.8 Å². The highest BCUT2D eigenvalue weighted by Gasteiger charge is 2.24. The number of anilines is 2. The van der Waals surface area contributed by atoms with Crippen molar-refractivity contribution < 1.29 is 9.59 Å². The van der Waals surface area contributed by atoms with Crippen molar-refractivity contribution in [3.63, 3.8) is 0 Å². The predicted molar refractivity (Wildman–Crippen MR) is 82.6 cm³/mol. The van der Waals surface area contributed by atoms with Crippen molar-refractivity contribution in [2.45, 2.75) is 0 Å². The van der Waals surface area contributed by atoms with Gasteiger partial charge in [0.15, 0.2) is 0 Å². The first-order valence-corrected chi connectivity index (χ1v) is 6.99. The standard InChI is InChI=1S/C12H21N5O2S/c1-14-10(18)7-8(13)9(11(19)15-2)20-12(7)16-5-6-17(3)4/h16H,5-6,13H2,1-4H3,(H,14,18)(H,15,19). The third-order valence-corrected chi connectivity index (χ3v) is 3.84. The third-order valence-electron chi connectivity index (χ3n) is 2.68. The number of carbonyl (C=O) groups excluding carboxylic acids is 2. The third kappa shape index (κ3) is 3.61. The Morgan fingerprint density at radius 3 is 2.30 bits per heavy atom. The lowest BCUT2D eigenvalue weighted by molar-refractivity contribution is 0.0963. The Labute approximate surface area is 122 Å². The summed E-state index contributed by atoms with van der Waals surface area (Å²) in [6, 6.07) is 0. The van der Waals surface area contributed by atoms with E-state index in [9.17, 15) is 9.59 Å². The van der Waals surface area contributed by atoms with Crippen LogP contribution in [0.15, 0.2) is 0 Å². The molecular formula is C12H21N5O2S. The van der Waals surface area contributed by atoms with Crippen LogP contribution in [0, 0.1) is 0 Å². The van der Waals surface area contributed by atoms with Gasteiger partial charge in [-0.3, -0.25) is 9.59 Å². The van der Waals surface area contributed by atoms with E-state index in [4.69, 9.17) is 5.73 Å². The average Bonchev–Trinajstić information content (AvgIpc) is 2.73. The van der Waals surface area contributed by atoms with Crippen molar-refractivity contribution in [2.75, 3.05) is 52.3 Å². The van der Waals surface area contributed by atoms with Crippen molar-refractivity contribution in [3.8, 4) is 0 Å². The van der Waals surface area contributed by atoms with Crippen LogP contribution in [0.4, 0.5) is 10.7 Å². The number of hydrogen-bond donors (Lipinski definition) is 4. The normalized spacial score (nSPS) is 10.4. The van der Waals surface area contributed by atoms with Gasteiger partial charge in [-0.2, -0.15) is 0 Å². The molecule has 1 heterocycles. The summed E-state index contributed by atoms with van der Waals surface area (Å²) in [5.74, 6) is -0.598. The maximum atomic E-state index is 11.9. The molecule has 0 aliphatic carbocycles. The van der Waals surface area contributed by atoms with Crippen LogP contribution in [-0.4, -0.2) is 58.0 Å². The first-order chi connectivity index (χ1) is 9.42. The Kier molecular flexibility index (Phi) is 5.78. The van der Waals surface area contributed by atoms with Crippen molar-refractivity contribution in [3.05, 3.63) is 10.4 Å². The molecule has 5 N–H and O–H groups in total. The highest BCUT2D eigenvalue weighted by Crippen LogP contribution is 2.35. The molecule has 8 heteroatoms. The number of rotatable bonds is 6.